The first-order valence-electron chi connectivity index (χ1n) is 9.95. The Morgan fingerprint density at radius 1 is 1.00 bits per heavy atom. The average molecular weight is 407 g/mol. The molecule has 154 valence electrons. The average Bonchev–Trinajstić information content (AvgIpc) is 2.76. The topological polar surface area (TPSA) is 88.2 Å². The van der Waals surface area contributed by atoms with Gasteiger partial charge < -0.3 is 19.7 Å². The smallest absolute Gasteiger partial charge is 0.265 e. The SMILES string of the molecule is O=C1NC2(CCN(C(=O)CN3C(=O)COc4ccccc43)CC2)Oc2ccccc21. The zero-order chi connectivity index (χ0) is 20.7. The van der Waals surface area contributed by atoms with Crippen molar-refractivity contribution in [1.29, 1.82) is 0 Å². The number of piperidine rings is 1. The van der Waals surface area contributed by atoms with Gasteiger partial charge in [-0.3, -0.25) is 19.3 Å². The number of para-hydroxylation sites is 3. The van der Waals surface area contributed by atoms with Gasteiger partial charge in [0.25, 0.3) is 11.8 Å². The van der Waals surface area contributed by atoms with Crippen molar-refractivity contribution in [1.82, 2.24) is 10.2 Å². The van der Waals surface area contributed by atoms with E-state index in [1.807, 2.05) is 18.2 Å². The van der Waals surface area contributed by atoms with E-state index in [1.165, 1.54) is 4.90 Å². The van der Waals surface area contributed by atoms with Gasteiger partial charge in [0.05, 0.1) is 11.3 Å². The molecule has 2 aromatic carbocycles. The van der Waals surface area contributed by atoms with E-state index in [-0.39, 0.29) is 30.9 Å². The molecule has 3 heterocycles. The van der Waals surface area contributed by atoms with Crippen LogP contribution in [0.1, 0.15) is 23.2 Å². The fraction of sp³-hybridized carbons (Fsp3) is 0.318. The van der Waals surface area contributed by atoms with Crippen molar-refractivity contribution in [2.75, 3.05) is 31.1 Å². The predicted molar refractivity (Wildman–Crippen MR) is 107 cm³/mol. The predicted octanol–water partition coefficient (Wildman–Crippen LogP) is 1.55. The van der Waals surface area contributed by atoms with Crippen LogP contribution in [0.25, 0.3) is 0 Å². The van der Waals surface area contributed by atoms with E-state index in [0.717, 1.165) is 0 Å². The van der Waals surface area contributed by atoms with Crippen LogP contribution in [0.5, 0.6) is 11.5 Å². The highest BCUT2D eigenvalue weighted by atomic mass is 16.5. The summed E-state index contributed by atoms with van der Waals surface area (Å²) in [5.74, 6) is 0.621. The van der Waals surface area contributed by atoms with E-state index >= 15 is 0 Å². The van der Waals surface area contributed by atoms with Gasteiger partial charge in [-0.15, -0.1) is 0 Å². The molecule has 1 fully saturated rings. The molecule has 0 radical (unpaired) electrons. The molecule has 0 saturated carbocycles. The zero-order valence-corrected chi connectivity index (χ0v) is 16.3. The summed E-state index contributed by atoms with van der Waals surface area (Å²) in [4.78, 5) is 40.9. The molecule has 0 atom stereocenters. The summed E-state index contributed by atoms with van der Waals surface area (Å²) in [7, 11) is 0. The molecule has 30 heavy (non-hydrogen) atoms. The molecule has 3 amide bonds. The first kappa shape index (κ1) is 18.5. The van der Waals surface area contributed by atoms with Gasteiger partial charge in [-0.1, -0.05) is 24.3 Å². The Kier molecular flexibility index (Phi) is 4.34. The van der Waals surface area contributed by atoms with Crippen LogP contribution in [0.4, 0.5) is 5.69 Å². The molecule has 8 heteroatoms. The number of fused-ring (bicyclic) bond motifs is 2. The van der Waals surface area contributed by atoms with Crippen LogP contribution >= 0.6 is 0 Å². The number of hydrogen-bond donors (Lipinski definition) is 1. The van der Waals surface area contributed by atoms with Gasteiger partial charge in [0.2, 0.25) is 5.91 Å². The minimum absolute atomic E-state index is 0.0394. The summed E-state index contributed by atoms with van der Waals surface area (Å²) in [5, 5.41) is 2.97. The van der Waals surface area contributed by atoms with Crippen molar-refractivity contribution in [3.05, 3.63) is 54.1 Å². The molecule has 0 aliphatic carbocycles. The van der Waals surface area contributed by atoms with Crippen LogP contribution in [0.15, 0.2) is 48.5 Å². The molecule has 8 nitrogen and oxygen atoms in total. The lowest BCUT2D eigenvalue weighted by molar-refractivity contribution is -0.135. The van der Waals surface area contributed by atoms with Gasteiger partial charge in [-0.05, 0) is 24.3 Å². The molecule has 1 N–H and O–H groups in total. The van der Waals surface area contributed by atoms with Gasteiger partial charge in [-0.25, -0.2) is 0 Å². The molecule has 0 unspecified atom stereocenters. The number of ether oxygens (including phenoxy) is 2. The number of carbonyl (C=O) groups is 3. The third kappa shape index (κ3) is 3.14. The van der Waals surface area contributed by atoms with E-state index in [1.54, 1.807) is 35.2 Å². The molecule has 1 saturated heterocycles. The van der Waals surface area contributed by atoms with Crippen molar-refractivity contribution in [2.45, 2.75) is 18.6 Å². The van der Waals surface area contributed by atoms with Crippen molar-refractivity contribution < 1.29 is 23.9 Å². The summed E-state index contributed by atoms with van der Waals surface area (Å²) in [6, 6.07) is 14.3. The van der Waals surface area contributed by atoms with Gasteiger partial charge in [0.1, 0.15) is 18.0 Å². The Morgan fingerprint density at radius 2 is 1.70 bits per heavy atom. The third-order valence-electron chi connectivity index (χ3n) is 5.80. The van der Waals surface area contributed by atoms with Crippen molar-refractivity contribution in [3.8, 4) is 11.5 Å². The zero-order valence-electron chi connectivity index (χ0n) is 16.3. The van der Waals surface area contributed by atoms with E-state index in [4.69, 9.17) is 9.47 Å². The van der Waals surface area contributed by atoms with Crippen LogP contribution < -0.4 is 19.7 Å². The third-order valence-corrected chi connectivity index (χ3v) is 5.80. The number of nitrogens with zero attached hydrogens (tertiary/aromatic N) is 2. The number of hydrogen-bond acceptors (Lipinski definition) is 5. The number of likely N-dealkylation sites (tertiary alicyclic amines) is 1. The lowest BCUT2D eigenvalue weighted by Crippen LogP contribution is -2.62. The van der Waals surface area contributed by atoms with Crippen LogP contribution in [0.3, 0.4) is 0 Å². The van der Waals surface area contributed by atoms with E-state index in [2.05, 4.69) is 5.32 Å². The van der Waals surface area contributed by atoms with Crippen molar-refractivity contribution in [3.63, 3.8) is 0 Å². The van der Waals surface area contributed by atoms with Crippen LogP contribution in [-0.4, -0.2) is 54.6 Å². The highest BCUT2D eigenvalue weighted by Gasteiger charge is 2.43. The fourth-order valence-corrected chi connectivity index (χ4v) is 4.16. The highest BCUT2D eigenvalue weighted by molar-refractivity contribution is 6.02. The van der Waals surface area contributed by atoms with Crippen molar-refractivity contribution >= 4 is 23.4 Å². The minimum atomic E-state index is -0.802. The number of benzene rings is 2. The second kappa shape index (κ2) is 7.05. The normalized spacial score (nSPS) is 19.3. The molecule has 0 bridgehead atoms. The second-order valence-corrected chi connectivity index (χ2v) is 7.66. The number of anilines is 1. The summed E-state index contributed by atoms with van der Waals surface area (Å²) in [5.41, 5.74) is 0.324. The van der Waals surface area contributed by atoms with E-state index < -0.39 is 5.72 Å². The lowest BCUT2D eigenvalue weighted by atomic mass is 9.97. The molecule has 3 aliphatic rings. The maximum absolute atomic E-state index is 12.9. The molecule has 0 aromatic heterocycles. The van der Waals surface area contributed by atoms with E-state index in [0.29, 0.717) is 48.7 Å². The quantitative estimate of drug-likeness (QED) is 0.816. The summed E-state index contributed by atoms with van der Waals surface area (Å²) < 4.78 is 11.6. The van der Waals surface area contributed by atoms with E-state index in [9.17, 15) is 14.4 Å². The Morgan fingerprint density at radius 3 is 2.50 bits per heavy atom. The van der Waals surface area contributed by atoms with Crippen molar-refractivity contribution in [2.24, 2.45) is 0 Å². The largest absolute Gasteiger partial charge is 0.482 e. The molecule has 5 rings (SSSR count). The second-order valence-electron chi connectivity index (χ2n) is 7.66. The maximum Gasteiger partial charge on any atom is 0.265 e. The lowest BCUT2D eigenvalue weighted by Gasteiger charge is -2.44. The van der Waals surface area contributed by atoms with Crippen LogP contribution in [-0.2, 0) is 9.59 Å². The Balaban J connectivity index is 1.26. The standard InChI is InChI=1S/C22H21N3O5/c26-19(13-25-16-6-2-4-8-18(16)29-14-20(25)27)24-11-9-22(10-12-24)23-21(28)15-5-1-3-7-17(15)30-22/h1-8H,9-14H2,(H,23,28). The van der Waals surface area contributed by atoms with Gasteiger partial charge in [0.15, 0.2) is 12.3 Å². The Hall–Kier alpha value is -3.55. The molecule has 3 aliphatic heterocycles. The molecule has 2 aromatic rings. The molecular formula is C22H21N3O5. The summed E-state index contributed by atoms with van der Waals surface area (Å²) in [6.07, 6.45) is 0.957. The van der Waals surface area contributed by atoms with Gasteiger partial charge in [0, 0.05) is 25.9 Å². The monoisotopic (exact) mass is 407 g/mol. The van der Waals surface area contributed by atoms with Crippen LogP contribution in [0.2, 0.25) is 0 Å². The van der Waals surface area contributed by atoms with Crippen LogP contribution in [0, 0.1) is 0 Å². The molecular weight excluding hydrogens is 386 g/mol. The number of rotatable bonds is 2. The first-order valence-corrected chi connectivity index (χ1v) is 9.95. The number of amides is 3. The molecule has 1 spiro atoms. The maximum atomic E-state index is 12.9. The summed E-state index contributed by atoms with van der Waals surface area (Å²) in [6.45, 7) is 0.748. The Labute approximate surface area is 173 Å². The number of carbonyl (C=O) groups excluding carboxylic acids is 3. The number of nitrogens with one attached hydrogen (secondary N) is 1. The highest BCUT2D eigenvalue weighted by Crippen LogP contribution is 2.34. The first-order chi connectivity index (χ1) is 14.5. The minimum Gasteiger partial charge on any atom is -0.482 e. The van der Waals surface area contributed by atoms with Gasteiger partial charge in [-0.2, -0.15) is 0 Å². The fourth-order valence-electron chi connectivity index (χ4n) is 4.16. The van der Waals surface area contributed by atoms with Gasteiger partial charge >= 0.3 is 0 Å². The summed E-state index contributed by atoms with van der Waals surface area (Å²) >= 11 is 0. The Bertz CT molecular complexity index is 1030.